The Balaban J connectivity index is 1.65. The number of nitro benzene ring substituents is 1. The molecule has 0 atom stereocenters. The molecule has 0 saturated heterocycles. The van der Waals surface area contributed by atoms with Crippen LogP contribution in [0.15, 0.2) is 42.5 Å². The number of unbranched alkanes of at least 4 members (excludes halogenated alkanes) is 13. The van der Waals surface area contributed by atoms with Gasteiger partial charge in [-0.25, -0.2) is 4.79 Å². The molecule has 0 fully saturated rings. The fraction of sp³-hybridized carbons (Fsp3) is 0.581. The van der Waals surface area contributed by atoms with Crippen molar-refractivity contribution in [2.45, 2.75) is 110 Å². The van der Waals surface area contributed by atoms with Gasteiger partial charge in [-0.05, 0) is 36.2 Å². The zero-order valence-corrected chi connectivity index (χ0v) is 25.2. The van der Waals surface area contributed by atoms with Crippen molar-refractivity contribution in [3.8, 4) is 5.75 Å². The molecule has 2 aromatic carbocycles. The van der Waals surface area contributed by atoms with Gasteiger partial charge in [0.2, 0.25) is 0 Å². The molecule has 0 aliphatic heterocycles. The number of carbonyl (C=O) groups is 1. The number of ether oxygens (including phenoxy) is 2. The molecular formula is C31H46NO8P. The quantitative estimate of drug-likeness (QED) is 0.0457. The molecular weight excluding hydrogens is 545 g/mol. The van der Waals surface area contributed by atoms with Gasteiger partial charge in [-0.1, -0.05) is 103 Å². The SMILES string of the molecule is CCCCCCCCCCCCCCCCOc1ccc(COC(=O)c2ccc(CP(=O)(O)O)cc2)c([N+](=O)[O-])c1. The Hall–Kier alpha value is -2.74. The number of hydrogen-bond acceptors (Lipinski definition) is 6. The first-order valence-corrected chi connectivity index (χ1v) is 16.7. The van der Waals surface area contributed by atoms with Crippen molar-refractivity contribution < 1.29 is 33.5 Å². The average Bonchev–Trinajstić information content (AvgIpc) is 2.93. The number of nitro groups is 1. The summed E-state index contributed by atoms with van der Waals surface area (Å²) >= 11 is 0. The van der Waals surface area contributed by atoms with Crippen molar-refractivity contribution in [1.29, 1.82) is 0 Å². The second kappa shape index (κ2) is 19.4. The number of benzene rings is 2. The van der Waals surface area contributed by atoms with E-state index in [9.17, 15) is 19.5 Å². The van der Waals surface area contributed by atoms with Crippen LogP contribution in [0.3, 0.4) is 0 Å². The summed E-state index contributed by atoms with van der Waals surface area (Å²) in [6, 6.07) is 10.2. The summed E-state index contributed by atoms with van der Waals surface area (Å²) in [6.07, 6.45) is 17.4. The van der Waals surface area contributed by atoms with E-state index < -0.39 is 24.7 Å². The van der Waals surface area contributed by atoms with E-state index in [0.29, 0.717) is 17.9 Å². The zero-order valence-electron chi connectivity index (χ0n) is 24.3. The third-order valence-electron chi connectivity index (χ3n) is 6.96. The molecule has 2 aromatic rings. The lowest BCUT2D eigenvalue weighted by molar-refractivity contribution is -0.385. The van der Waals surface area contributed by atoms with Crippen LogP contribution in [0.2, 0.25) is 0 Å². The summed E-state index contributed by atoms with van der Waals surface area (Å²) < 4.78 is 22.1. The summed E-state index contributed by atoms with van der Waals surface area (Å²) in [5, 5.41) is 11.6. The largest absolute Gasteiger partial charge is 0.493 e. The van der Waals surface area contributed by atoms with Crippen LogP contribution in [-0.2, 0) is 22.1 Å². The molecule has 0 aliphatic rings. The molecule has 228 valence electrons. The third-order valence-corrected chi connectivity index (χ3v) is 7.73. The first-order valence-electron chi connectivity index (χ1n) is 14.9. The molecule has 0 spiro atoms. The standard InChI is InChI=1S/C31H46NO8P/c1-2-3-4-5-6-7-8-9-10-11-12-13-14-15-22-39-29-21-20-28(30(23-29)32(34)35)24-40-31(33)27-18-16-26(17-19-27)25-41(36,37)38/h16-21,23H,2-15,22,24-25H2,1H3,(H2,36,37,38). The number of rotatable bonds is 22. The van der Waals surface area contributed by atoms with Crippen molar-refractivity contribution in [3.05, 3.63) is 69.3 Å². The Labute approximate surface area is 244 Å². The lowest BCUT2D eigenvalue weighted by Crippen LogP contribution is -2.07. The molecule has 41 heavy (non-hydrogen) atoms. The second-order valence-corrected chi connectivity index (χ2v) is 12.2. The maximum Gasteiger partial charge on any atom is 0.338 e. The Kier molecular flexibility index (Phi) is 16.3. The number of nitrogens with zero attached hydrogens (tertiary/aromatic N) is 1. The summed E-state index contributed by atoms with van der Waals surface area (Å²) in [4.78, 5) is 41.5. The van der Waals surface area contributed by atoms with Gasteiger partial charge < -0.3 is 19.3 Å². The van der Waals surface area contributed by atoms with Gasteiger partial charge in [0.1, 0.15) is 12.4 Å². The molecule has 0 amide bonds. The highest BCUT2D eigenvalue weighted by Gasteiger charge is 2.18. The summed E-state index contributed by atoms with van der Waals surface area (Å²) in [5.74, 6) is -0.290. The van der Waals surface area contributed by atoms with Crippen molar-refractivity contribution in [2.75, 3.05) is 6.61 Å². The van der Waals surface area contributed by atoms with E-state index in [1.54, 1.807) is 6.07 Å². The zero-order chi connectivity index (χ0) is 29.9. The van der Waals surface area contributed by atoms with Crippen molar-refractivity contribution in [3.63, 3.8) is 0 Å². The smallest absolute Gasteiger partial charge is 0.338 e. The van der Waals surface area contributed by atoms with Crippen molar-refractivity contribution >= 4 is 19.3 Å². The topological polar surface area (TPSA) is 136 Å². The van der Waals surface area contributed by atoms with E-state index in [-0.39, 0.29) is 23.4 Å². The van der Waals surface area contributed by atoms with E-state index in [4.69, 9.17) is 19.3 Å². The maximum absolute atomic E-state index is 12.4. The predicted molar refractivity (Wildman–Crippen MR) is 160 cm³/mol. The van der Waals surface area contributed by atoms with Crippen LogP contribution in [0.4, 0.5) is 5.69 Å². The highest BCUT2D eigenvalue weighted by molar-refractivity contribution is 7.50. The first kappa shape index (κ1) is 34.5. The lowest BCUT2D eigenvalue weighted by atomic mass is 10.0. The van der Waals surface area contributed by atoms with Crippen LogP contribution in [0.1, 0.15) is 118 Å². The molecule has 2 rings (SSSR count). The van der Waals surface area contributed by atoms with Gasteiger partial charge in [-0.2, -0.15) is 0 Å². The molecule has 0 aromatic heterocycles. The average molecular weight is 592 g/mol. The Bertz CT molecular complexity index is 1100. The lowest BCUT2D eigenvalue weighted by Gasteiger charge is -2.10. The molecule has 0 heterocycles. The van der Waals surface area contributed by atoms with E-state index in [1.807, 2.05) is 0 Å². The third kappa shape index (κ3) is 15.2. The normalized spacial score (nSPS) is 11.4. The minimum Gasteiger partial charge on any atom is -0.493 e. The van der Waals surface area contributed by atoms with Crippen molar-refractivity contribution in [2.24, 2.45) is 0 Å². The van der Waals surface area contributed by atoms with Gasteiger partial charge >= 0.3 is 13.6 Å². The van der Waals surface area contributed by atoms with E-state index >= 15 is 0 Å². The number of hydrogen-bond donors (Lipinski definition) is 2. The molecule has 2 N–H and O–H groups in total. The monoisotopic (exact) mass is 591 g/mol. The fourth-order valence-electron chi connectivity index (χ4n) is 4.62. The van der Waals surface area contributed by atoms with E-state index in [0.717, 1.165) is 19.3 Å². The second-order valence-electron chi connectivity index (χ2n) is 10.6. The Morgan fingerprint density at radius 1 is 0.829 bits per heavy atom. The number of carbonyl (C=O) groups excluding carboxylic acids is 1. The van der Waals surface area contributed by atoms with E-state index in [2.05, 4.69) is 6.92 Å². The number of esters is 1. The Morgan fingerprint density at radius 2 is 1.37 bits per heavy atom. The van der Waals surface area contributed by atoms with Crippen LogP contribution in [0, 0.1) is 10.1 Å². The molecule has 9 nitrogen and oxygen atoms in total. The van der Waals surface area contributed by atoms with Gasteiger partial charge in [-0.15, -0.1) is 0 Å². The van der Waals surface area contributed by atoms with Crippen LogP contribution >= 0.6 is 7.60 Å². The molecule has 0 saturated carbocycles. The van der Waals surface area contributed by atoms with Crippen LogP contribution < -0.4 is 4.74 Å². The molecule has 10 heteroatoms. The first-order chi connectivity index (χ1) is 19.7. The minimum absolute atomic E-state index is 0.176. The maximum atomic E-state index is 12.4. The highest BCUT2D eigenvalue weighted by atomic mass is 31.2. The van der Waals surface area contributed by atoms with Crippen molar-refractivity contribution in [1.82, 2.24) is 0 Å². The van der Waals surface area contributed by atoms with Gasteiger partial charge in [0, 0.05) is 0 Å². The fourth-order valence-corrected chi connectivity index (χ4v) is 5.31. The van der Waals surface area contributed by atoms with E-state index in [1.165, 1.54) is 107 Å². The summed E-state index contributed by atoms with van der Waals surface area (Å²) in [6.45, 7) is 2.44. The summed E-state index contributed by atoms with van der Waals surface area (Å²) in [7, 11) is -4.21. The minimum atomic E-state index is -4.21. The summed E-state index contributed by atoms with van der Waals surface area (Å²) in [5.41, 5.74) is 0.615. The highest BCUT2D eigenvalue weighted by Crippen LogP contribution is 2.39. The molecule has 0 radical (unpaired) electrons. The molecule has 0 unspecified atom stereocenters. The van der Waals surface area contributed by atoms with Gasteiger partial charge in [0.25, 0.3) is 5.69 Å². The Morgan fingerprint density at radius 3 is 1.88 bits per heavy atom. The predicted octanol–water partition coefficient (Wildman–Crippen LogP) is 8.49. The van der Waals surface area contributed by atoms with Gasteiger partial charge in [0.15, 0.2) is 0 Å². The molecule has 0 aliphatic carbocycles. The van der Waals surface area contributed by atoms with Crippen LogP contribution in [-0.4, -0.2) is 27.3 Å². The van der Waals surface area contributed by atoms with Crippen LogP contribution in [0.25, 0.3) is 0 Å². The molecule has 0 bridgehead atoms. The van der Waals surface area contributed by atoms with Crippen LogP contribution in [0.5, 0.6) is 5.75 Å². The van der Waals surface area contributed by atoms with Gasteiger partial charge in [-0.3, -0.25) is 14.7 Å². The van der Waals surface area contributed by atoms with Gasteiger partial charge in [0.05, 0.1) is 34.9 Å².